The van der Waals surface area contributed by atoms with Gasteiger partial charge in [0.25, 0.3) is 0 Å². The molecule has 6 atom stereocenters. The lowest BCUT2D eigenvalue weighted by Gasteiger charge is -2.53. The summed E-state index contributed by atoms with van der Waals surface area (Å²) in [6.45, 7) is 12.3. The van der Waals surface area contributed by atoms with Crippen LogP contribution in [0.2, 0.25) is 0 Å². The molecule has 158 valence electrons. The molecule has 6 N–H and O–H groups in total. The Balaban J connectivity index is 6.09. The second-order valence-electron chi connectivity index (χ2n) is 8.41. The zero-order chi connectivity index (χ0) is 20.7. The van der Waals surface area contributed by atoms with Gasteiger partial charge in [0, 0.05) is 37.3 Å². The highest BCUT2D eigenvalue weighted by Crippen LogP contribution is 2.34. The second-order valence-corrected chi connectivity index (χ2v) is 8.41. The van der Waals surface area contributed by atoms with Crippen molar-refractivity contribution in [3.05, 3.63) is 0 Å². The number of hydrogen-bond acceptors (Lipinski definition) is 7. The molecule has 0 aliphatic carbocycles. The zero-order valence-electron chi connectivity index (χ0n) is 17.8. The molecule has 0 aromatic carbocycles. The molecule has 0 saturated heterocycles. The van der Waals surface area contributed by atoms with Crippen molar-refractivity contribution in [1.29, 1.82) is 0 Å². The van der Waals surface area contributed by atoms with E-state index in [9.17, 15) is 20.4 Å². The Morgan fingerprint density at radius 1 is 0.731 bits per heavy atom. The minimum absolute atomic E-state index is 0.0137. The van der Waals surface area contributed by atoms with E-state index in [1.54, 1.807) is 27.7 Å². The van der Waals surface area contributed by atoms with Crippen molar-refractivity contribution < 1.29 is 20.4 Å². The van der Waals surface area contributed by atoms with Gasteiger partial charge in [-0.1, -0.05) is 0 Å². The van der Waals surface area contributed by atoms with Crippen LogP contribution in [0.4, 0.5) is 0 Å². The van der Waals surface area contributed by atoms with Gasteiger partial charge < -0.3 is 31.1 Å². The number of rotatable bonds is 13. The predicted octanol–water partition coefficient (Wildman–Crippen LogP) is -0.00190. The molecule has 0 amide bonds. The van der Waals surface area contributed by atoms with Crippen molar-refractivity contribution in [3.8, 4) is 0 Å². The summed E-state index contributed by atoms with van der Waals surface area (Å²) in [7, 11) is 1.98. The van der Waals surface area contributed by atoms with Crippen molar-refractivity contribution >= 4 is 0 Å². The quantitative estimate of drug-likeness (QED) is 0.307. The summed E-state index contributed by atoms with van der Waals surface area (Å²) in [6, 6.07) is -0.0737. The van der Waals surface area contributed by atoms with Crippen LogP contribution in [0, 0.1) is 0 Å². The van der Waals surface area contributed by atoms with Crippen LogP contribution >= 0.6 is 0 Å². The van der Waals surface area contributed by atoms with Gasteiger partial charge in [0.2, 0.25) is 0 Å². The standard InChI is InChI=1S/C19H43N3O4/c1-13(20)10-21(7)18(6)19(8-14(2)23,9-15(3)24)22(11-16(4)25)12-17(5)26/h13-18,23-26H,8-12,20H2,1-7H3. The van der Waals surface area contributed by atoms with E-state index in [-0.39, 0.29) is 12.1 Å². The maximum atomic E-state index is 10.3. The Kier molecular flexibility index (Phi) is 11.4. The average Bonchev–Trinajstić information content (AvgIpc) is 2.41. The summed E-state index contributed by atoms with van der Waals surface area (Å²) in [5.41, 5.74) is 5.36. The molecule has 7 nitrogen and oxygen atoms in total. The Morgan fingerprint density at radius 2 is 1.12 bits per heavy atom. The van der Waals surface area contributed by atoms with Crippen molar-refractivity contribution in [3.63, 3.8) is 0 Å². The maximum absolute atomic E-state index is 10.3. The lowest BCUT2D eigenvalue weighted by atomic mass is 9.77. The topological polar surface area (TPSA) is 113 Å². The van der Waals surface area contributed by atoms with Gasteiger partial charge in [-0.2, -0.15) is 0 Å². The Bertz CT molecular complexity index is 356. The van der Waals surface area contributed by atoms with Crippen LogP contribution in [0.5, 0.6) is 0 Å². The molecule has 0 fully saturated rings. The van der Waals surface area contributed by atoms with Gasteiger partial charge in [-0.05, 0) is 61.4 Å². The monoisotopic (exact) mass is 377 g/mol. The number of aliphatic hydroxyl groups is 4. The molecule has 0 bridgehead atoms. The summed E-state index contributed by atoms with van der Waals surface area (Å²) in [5, 5.41) is 40.6. The van der Waals surface area contributed by atoms with Gasteiger partial charge in [-0.3, -0.25) is 4.90 Å². The highest BCUT2D eigenvalue weighted by Gasteiger charge is 2.45. The van der Waals surface area contributed by atoms with Gasteiger partial charge in [-0.15, -0.1) is 0 Å². The zero-order valence-corrected chi connectivity index (χ0v) is 17.8. The molecule has 6 unspecified atom stereocenters. The first-order chi connectivity index (χ1) is 11.8. The summed E-state index contributed by atoms with van der Waals surface area (Å²) < 4.78 is 0. The number of nitrogens with two attached hydrogens (primary N) is 1. The third-order valence-corrected chi connectivity index (χ3v) is 4.91. The minimum atomic E-state index is -0.625. The normalized spacial score (nSPS) is 21.9. The molecule has 0 aromatic heterocycles. The second kappa shape index (κ2) is 11.5. The predicted molar refractivity (Wildman–Crippen MR) is 106 cm³/mol. The molecule has 0 aliphatic rings. The van der Waals surface area contributed by atoms with Crippen molar-refractivity contribution in [2.45, 2.75) is 96.4 Å². The van der Waals surface area contributed by atoms with Crippen LogP contribution in [0.1, 0.15) is 54.4 Å². The molecule has 7 heteroatoms. The summed E-state index contributed by atoms with van der Waals surface area (Å²) in [4.78, 5) is 4.16. The van der Waals surface area contributed by atoms with Gasteiger partial charge in [0.05, 0.1) is 24.4 Å². The molecule has 0 aromatic rings. The maximum Gasteiger partial charge on any atom is 0.0639 e. The van der Waals surface area contributed by atoms with E-state index in [1.165, 1.54) is 0 Å². The fourth-order valence-corrected chi connectivity index (χ4v) is 4.07. The molecular formula is C19H43N3O4. The molecule has 0 rings (SSSR count). The number of β-amino-alcohol motifs (C(OH)–C–C–N with tert-alkyl or cyclic N) is 2. The van der Waals surface area contributed by atoms with E-state index in [4.69, 9.17) is 5.73 Å². The first-order valence-electron chi connectivity index (χ1n) is 9.74. The van der Waals surface area contributed by atoms with Crippen LogP contribution in [-0.4, -0.2) is 98.9 Å². The SMILES string of the molecule is CC(N)CN(C)C(C)C(CC(C)O)(CC(C)O)N(CC(C)O)CC(C)O. The summed E-state index contributed by atoms with van der Waals surface area (Å²) in [6.07, 6.45) is -1.54. The molecule has 0 radical (unpaired) electrons. The Hall–Kier alpha value is -0.280. The Labute approximate surface area is 159 Å². The largest absolute Gasteiger partial charge is 0.393 e. The van der Waals surface area contributed by atoms with Gasteiger partial charge in [0.1, 0.15) is 0 Å². The number of likely N-dealkylation sites (N-methyl/N-ethyl adjacent to an activating group) is 1. The third kappa shape index (κ3) is 8.61. The summed E-state index contributed by atoms with van der Waals surface area (Å²) in [5.74, 6) is 0. The van der Waals surface area contributed by atoms with Crippen LogP contribution in [0.3, 0.4) is 0 Å². The fraction of sp³-hybridized carbons (Fsp3) is 1.00. The van der Waals surface area contributed by atoms with E-state index >= 15 is 0 Å². The first kappa shape index (κ1) is 25.7. The first-order valence-corrected chi connectivity index (χ1v) is 9.74. The highest BCUT2D eigenvalue weighted by molar-refractivity contribution is 5.02. The average molecular weight is 378 g/mol. The number of aliphatic hydroxyl groups excluding tert-OH is 4. The Morgan fingerprint density at radius 3 is 1.38 bits per heavy atom. The highest BCUT2D eigenvalue weighted by atomic mass is 16.3. The smallest absolute Gasteiger partial charge is 0.0639 e. The van der Waals surface area contributed by atoms with Crippen molar-refractivity contribution in [2.24, 2.45) is 5.73 Å². The lowest BCUT2D eigenvalue weighted by molar-refractivity contribution is -0.0753. The van der Waals surface area contributed by atoms with Crippen molar-refractivity contribution in [1.82, 2.24) is 9.80 Å². The molecule has 0 spiro atoms. The van der Waals surface area contributed by atoms with E-state index in [2.05, 4.69) is 11.8 Å². The molecular weight excluding hydrogens is 334 g/mol. The number of nitrogens with zero attached hydrogens (tertiary/aromatic N) is 2. The molecule has 0 saturated carbocycles. The van der Waals surface area contributed by atoms with E-state index < -0.39 is 30.0 Å². The van der Waals surface area contributed by atoms with Crippen LogP contribution in [0.25, 0.3) is 0 Å². The third-order valence-electron chi connectivity index (χ3n) is 4.91. The van der Waals surface area contributed by atoms with Gasteiger partial charge >= 0.3 is 0 Å². The van der Waals surface area contributed by atoms with Gasteiger partial charge in [-0.25, -0.2) is 0 Å². The van der Waals surface area contributed by atoms with Gasteiger partial charge in [0.15, 0.2) is 0 Å². The summed E-state index contributed by atoms with van der Waals surface area (Å²) >= 11 is 0. The van der Waals surface area contributed by atoms with Crippen LogP contribution in [0.15, 0.2) is 0 Å². The molecule has 0 aliphatic heterocycles. The fourth-order valence-electron chi connectivity index (χ4n) is 4.07. The van der Waals surface area contributed by atoms with E-state index in [0.717, 1.165) is 0 Å². The minimum Gasteiger partial charge on any atom is -0.393 e. The van der Waals surface area contributed by atoms with E-state index in [1.807, 2.05) is 18.9 Å². The molecule has 0 heterocycles. The van der Waals surface area contributed by atoms with Crippen molar-refractivity contribution in [2.75, 3.05) is 26.7 Å². The molecule has 26 heavy (non-hydrogen) atoms. The number of hydrogen-bond donors (Lipinski definition) is 5. The van der Waals surface area contributed by atoms with Crippen LogP contribution in [-0.2, 0) is 0 Å². The van der Waals surface area contributed by atoms with Crippen LogP contribution < -0.4 is 5.73 Å². The lowest BCUT2D eigenvalue weighted by Crippen LogP contribution is -2.65. The van der Waals surface area contributed by atoms with E-state index in [0.29, 0.717) is 32.5 Å².